The Kier molecular flexibility index (Phi) is 6.65. The Labute approximate surface area is 158 Å². The van der Waals surface area contributed by atoms with Crippen molar-refractivity contribution in [3.63, 3.8) is 0 Å². The van der Waals surface area contributed by atoms with Crippen LogP contribution in [0.1, 0.15) is 21.5 Å². The van der Waals surface area contributed by atoms with Crippen molar-refractivity contribution < 1.29 is 23.8 Å². The molecule has 0 radical (unpaired) electrons. The highest BCUT2D eigenvalue weighted by Crippen LogP contribution is 2.26. The van der Waals surface area contributed by atoms with Crippen molar-refractivity contribution in [1.29, 1.82) is 0 Å². The Bertz CT molecular complexity index is 835. The predicted molar refractivity (Wildman–Crippen MR) is 103 cm³/mol. The van der Waals surface area contributed by atoms with Gasteiger partial charge in [0.1, 0.15) is 11.5 Å². The molecule has 2 aromatic rings. The standard InChI is InChI=1S/C20H24N2O5/c1-13-6-7-14(19(23)27-5)10-17(13)21-20(24)22(2)12-15-8-9-16(25-3)11-18(15)26-4/h6-11H,12H2,1-5H3,(H,21,24). The highest BCUT2D eigenvalue weighted by Gasteiger charge is 2.15. The Balaban J connectivity index is 2.13. The number of aryl methyl sites for hydroxylation is 1. The van der Waals surface area contributed by atoms with Gasteiger partial charge in [-0.05, 0) is 36.8 Å². The number of urea groups is 1. The van der Waals surface area contributed by atoms with Crippen LogP contribution in [0.15, 0.2) is 36.4 Å². The van der Waals surface area contributed by atoms with Gasteiger partial charge in [0.2, 0.25) is 0 Å². The van der Waals surface area contributed by atoms with Gasteiger partial charge in [-0.25, -0.2) is 9.59 Å². The monoisotopic (exact) mass is 372 g/mol. The summed E-state index contributed by atoms with van der Waals surface area (Å²) < 4.78 is 15.3. The van der Waals surface area contributed by atoms with Gasteiger partial charge in [-0.1, -0.05) is 6.07 Å². The molecule has 0 aliphatic rings. The Morgan fingerprint density at radius 2 is 1.78 bits per heavy atom. The van der Waals surface area contributed by atoms with Crippen LogP contribution in [0.5, 0.6) is 11.5 Å². The molecule has 0 atom stereocenters. The quantitative estimate of drug-likeness (QED) is 0.786. The summed E-state index contributed by atoms with van der Waals surface area (Å²) in [6.45, 7) is 2.19. The molecule has 2 amide bonds. The number of benzene rings is 2. The van der Waals surface area contributed by atoms with Crippen LogP contribution in [-0.2, 0) is 11.3 Å². The lowest BCUT2D eigenvalue weighted by atomic mass is 10.1. The van der Waals surface area contributed by atoms with Gasteiger partial charge < -0.3 is 24.4 Å². The third kappa shape index (κ3) is 4.91. The molecule has 0 aliphatic carbocycles. The second-order valence-electron chi connectivity index (χ2n) is 5.99. The summed E-state index contributed by atoms with van der Waals surface area (Å²) in [7, 11) is 6.15. The van der Waals surface area contributed by atoms with Gasteiger partial charge in [-0.2, -0.15) is 0 Å². The number of hydrogen-bond acceptors (Lipinski definition) is 5. The zero-order chi connectivity index (χ0) is 20.0. The molecule has 1 N–H and O–H groups in total. The summed E-state index contributed by atoms with van der Waals surface area (Å²) in [4.78, 5) is 25.8. The summed E-state index contributed by atoms with van der Waals surface area (Å²) in [6, 6.07) is 10.1. The second-order valence-corrected chi connectivity index (χ2v) is 5.99. The van der Waals surface area contributed by atoms with Gasteiger partial charge in [0.15, 0.2) is 0 Å². The largest absolute Gasteiger partial charge is 0.497 e. The molecule has 0 unspecified atom stereocenters. The van der Waals surface area contributed by atoms with Crippen LogP contribution >= 0.6 is 0 Å². The fourth-order valence-electron chi connectivity index (χ4n) is 2.52. The molecule has 0 spiro atoms. The van der Waals surface area contributed by atoms with Gasteiger partial charge in [0.05, 0.1) is 33.4 Å². The van der Waals surface area contributed by atoms with E-state index in [1.807, 2.05) is 19.1 Å². The minimum absolute atomic E-state index is 0.307. The van der Waals surface area contributed by atoms with Gasteiger partial charge in [0.25, 0.3) is 0 Å². The maximum absolute atomic E-state index is 12.6. The summed E-state index contributed by atoms with van der Waals surface area (Å²) in [5.74, 6) is 0.859. The molecule has 0 saturated heterocycles. The molecule has 0 bridgehead atoms. The van der Waals surface area contributed by atoms with Crippen molar-refractivity contribution in [2.45, 2.75) is 13.5 Å². The first-order valence-electron chi connectivity index (χ1n) is 8.31. The molecular formula is C20H24N2O5. The van der Waals surface area contributed by atoms with E-state index in [9.17, 15) is 9.59 Å². The van der Waals surface area contributed by atoms with Crippen LogP contribution in [0.25, 0.3) is 0 Å². The number of carbonyl (C=O) groups is 2. The molecule has 0 heterocycles. The van der Waals surface area contributed by atoms with E-state index in [4.69, 9.17) is 14.2 Å². The molecule has 7 nitrogen and oxygen atoms in total. The summed E-state index contributed by atoms with van der Waals surface area (Å²) in [5, 5.41) is 2.82. The predicted octanol–water partition coefficient (Wildman–Crippen LogP) is 3.46. The number of esters is 1. The summed E-state index contributed by atoms with van der Waals surface area (Å²) in [5.41, 5.74) is 2.61. The molecule has 144 valence electrons. The zero-order valence-electron chi connectivity index (χ0n) is 16.2. The summed E-state index contributed by atoms with van der Waals surface area (Å²) in [6.07, 6.45) is 0. The first-order chi connectivity index (χ1) is 12.9. The Morgan fingerprint density at radius 3 is 2.41 bits per heavy atom. The third-order valence-corrected chi connectivity index (χ3v) is 4.15. The maximum Gasteiger partial charge on any atom is 0.337 e. The van der Waals surface area contributed by atoms with Crippen LogP contribution < -0.4 is 14.8 Å². The molecule has 0 saturated carbocycles. The Morgan fingerprint density at radius 1 is 1.04 bits per heavy atom. The molecular weight excluding hydrogens is 348 g/mol. The van der Waals surface area contributed by atoms with Crippen molar-refractivity contribution in [3.8, 4) is 11.5 Å². The number of amides is 2. The second kappa shape index (κ2) is 8.93. The highest BCUT2D eigenvalue weighted by atomic mass is 16.5. The number of nitrogens with zero attached hydrogens (tertiary/aromatic N) is 1. The highest BCUT2D eigenvalue weighted by molar-refractivity contribution is 5.94. The number of rotatable bonds is 6. The molecule has 0 aliphatic heterocycles. The van der Waals surface area contributed by atoms with Crippen LogP contribution in [0, 0.1) is 6.92 Å². The van der Waals surface area contributed by atoms with Crippen molar-refractivity contribution in [3.05, 3.63) is 53.1 Å². The number of methoxy groups -OCH3 is 3. The van der Waals surface area contributed by atoms with Crippen molar-refractivity contribution in [2.24, 2.45) is 0 Å². The molecule has 0 aromatic heterocycles. The van der Waals surface area contributed by atoms with Crippen LogP contribution in [0.2, 0.25) is 0 Å². The number of anilines is 1. The number of hydrogen-bond donors (Lipinski definition) is 1. The van der Waals surface area contributed by atoms with E-state index in [2.05, 4.69) is 5.32 Å². The first-order valence-corrected chi connectivity index (χ1v) is 8.31. The van der Waals surface area contributed by atoms with E-state index < -0.39 is 5.97 Å². The van der Waals surface area contributed by atoms with Gasteiger partial charge >= 0.3 is 12.0 Å². The van der Waals surface area contributed by atoms with E-state index in [0.717, 1.165) is 11.1 Å². The molecule has 27 heavy (non-hydrogen) atoms. The van der Waals surface area contributed by atoms with Crippen molar-refractivity contribution in [1.82, 2.24) is 4.90 Å². The zero-order valence-corrected chi connectivity index (χ0v) is 16.2. The topological polar surface area (TPSA) is 77.1 Å². The first kappa shape index (κ1) is 20.1. The normalized spacial score (nSPS) is 10.1. The van der Waals surface area contributed by atoms with Gasteiger partial charge in [0, 0.05) is 24.4 Å². The van der Waals surface area contributed by atoms with Gasteiger partial charge in [-0.15, -0.1) is 0 Å². The van der Waals surface area contributed by atoms with Crippen LogP contribution in [0.4, 0.5) is 10.5 Å². The third-order valence-electron chi connectivity index (χ3n) is 4.15. The number of nitrogens with one attached hydrogen (secondary N) is 1. The maximum atomic E-state index is 12.6. The number of carbonyl (C=O) groups excluding carboxylic acids is 2. The van der Waals surface area contributed by atoms with E-state index in [1.165, 1.54) is 12.0 Å². The van der Waals surface area contributed by atoms with Crippen LogP contribution in [0.3, 0.4) is 0 Å². The SMILES string of the molecule is COC(=O)c1ccc(C)c(NC(=O)N(C)Cc2ccc(OC)cc2OC)c1. The summed E-state index contributed by atoms with van der Waals surface area (Å²) >= 11 is 0. The van der Waals surface area contributed by atoms with E-state index in [0.29, 0.717) is 29.3 Å². The number of ether oxygens (including phenoxy) is 3. The van der Waals surface area contributed by atoms with Crippen LogP contribution in [-0.4, -0.2) is 45.3 Å². The van der Waals surface area contributed by atoms with E-state index >= 15 is 0 Å². The van der Waals surface area contributed by atoms with E-state index in [1.54, 1.807) is 45.5 Å². The average Bonchev–Trinajstić information content (AvgIpc) is 2.69. The van der Waals surface area contributed by atoms with Crippen molar-refractivity contribution in [2.75, 3.05) is 33.7 Å². The molecule has 0 fully saturated rings. The smallest absolute Gasteiger partial charge is 0.337 e. The lowest BCUT2D eigenvalue weighted by Gasteiger charge is -2.20. The fraction of sp³-hybridized carbons (Fsp3) is 0.300. The Hall–Kier alpha value is -3.22. The molecule has 2 aromatic carbocycles. The van der Waals surface area contributed by atoms with E-state index in [-0.39, 0.29) is 6.03 Å². The fourth-order valence-corrected chi connectivity index (χ4v) is 2.52. The minimum Gasteiger partial charge on any atom is -0.497 e. The lowest BCUT2D eigenvalue weighted by Crippen LogP contribution is -2.31. The lowest BCUT2D eigenvalue weighted by molar-refractivity contribution is 0.0600. The minimum atomic E-state index is -0.457. The van der Waals surface area contributed by atoms with Gasteiger partial charge in [-0.3, -0.25) is 0 Å². The average molecular weight is 372 g/mol. The molecule has 2 rings (SSSR count). The molecule has 7 heteroatoms. The van der Waals surface area contributed by atoms with Crippen molar-refractivity contribution >= 4 is 17.7 Å².